The van der Waals surface area contributed by atoms with E-state index in [1.165, 1.54) is 0 Å². The van der Waals surface area contributed by atoms with Gasteiger partial charge in [0.05, 0.1) is 123 Å². The molecule has 25 heteroatoms. The van der Waals surface area contributed by atoms with Gasteiger partial charge in [-0.2, -0.15) is 0 Å². The van der Waals surface area contributed by atoms with Gasteiger partial charge in [-0.25, -0.2) is 9.97 Å². The van der Waals surface area contributed by atoms with Gasteiger partial charge in [0, 0.05) is 66.6 Å². The van der Waals surface area contributed by atoms with Crippen molar-refractivity contribution < 1.29 is 17.1 Å². The van der Waals surface area contributed by atoms with E-state index in [0.717, 1.165) is 0 Å². The third kappa shape index (κ3) is 9.08. The summed E-state index contributed by atoms with van der Waals surface area (Å²) in [5, 5.41) is -1.56. The first kappa shape index (κ1) is 55.0. The fourth-order valence-electron chi connectivity index (χ4n) is 7.56. The molecule has 0 atom stereocenters. The number of halogens is 20. The van der Waals surface area contributed by atoms with Crippen molar-refractivity contribution in [2.75, 3.05) is 0 Å². The molecule has 4 aromatic carbocycles. The van der Waals surface area contributed by atoms with Gasteiger partial charge in [-0.1, -0.05) is 232 Å². The summed E-state index contributed by atoms with van der Waals surface area (Å²) in [6, 6.07) is 6.81. The standard InChI is InChI=1S/C44H10Cl20N4.Mn/c45-25-21(26(46)34(54)41(61)33(25)53)17-9-1-2-10(65-9)18(22-27(47)35(55)42(62)36(56)28(22)48)12-5-6-14(67-12)20(24-31(51)39(59)44(64)40(60)32(24)52)16-8-7-15(68-16)19(13-4-3-11(17)66-13)23-29(49)37(57)43(63)38(58)30(23)50;/h1-8,65,68H;/q;+3. The molecule has 2 aliphatic heterocycles. The fourth-order valence-corrected chi connectivity index (χ4v) is 12.9. The van der Waals surface area contributed by atoms with Gasteiger partial charge >= 0.3 is 17.1 Å². The number of rotatable bonds is 4. The number of hydrogen-bond acceptors (Lipinski definition) is 2. The van der Waals surface area contributed by atoms with E-state index in [9.17, 15) is 0 Å². The van der Waals surface area contributed by atoms with E-state index in [1.54, 1.807) is 48.6 Å². The summed E-state index contributed by atoms with van der Waals surface area (Å²) >= 11 is 136. The Kier molecular flexibility index (Phi) is 16.8. The Labute approximate surface area is 501 Å². The van der Waals surface area contributed by atoms with Crippen LogP contribution in [0.5, 0.6) is 0 Å². The molecule has 3 aromatic heterocycles. The van der Waals surface area contributed by atoms with E-state index < -0.39 is 0 Å². The van der Waals surface area contributed by atoms with Crippen molar-refractivity contribution in [2.45, 2.75) is 0 Å². The van der Waals surface area contributed by atoms with E-state index in [-0.39, 0.29) is 185 Å². The second-order valence-electron chi connectivity index (χ2n) is 14.3. The van der Waals surface area contributed by atoms with E-state index in [1.807, 2.05) is 0 Å². The summed E-state index contributed by atoms with van der Waals surface area (Å²) in [6.45, 7) is 0. The molecule has 0 aliphatic carbocycles. The zero-order valence-electron chi connectivity index (χ0n) is 32.5. The summed E-state index contributed by atoms with van der Waals surface area (Å²) < 4.78 is 0. The Morgan fingerprint density at radius 2 is 0.362 bits per heavy atom. The summed E-state index contributed by atoms with van der Waals surface area (Å²) in [5.74, 6) is 0. The van der Waals surface area contributed by atoms with Gasteiger partial charge in [0.2, 0.25) is 0 Å². The molecule has 0 spiro atoms. The minimum Gasteiger partial charge on any atom is -0.354 e. The summed E-state index contributed by atoms with van der Waals surface area (Å²) in [5.41, 5.74) is 4.02. The summed E-state index contributed by atoms with van der Waals surface area (Å²) in [6.07, 6.45) is 6.70. The molecule has 2 N–H and O–H groups in total. The van der Waals surface area contributed by atoms with Gasteiger partial charge in [-0.15, -0.1) is 0 Å². The molecule has 0 unspecified atom stereocenters. The van der Waals surface area contributed by atoms with E-state index >= 15 is 0 Å². The Balaban J connectivity index is 0.00000642. The molecule has 0 amide bonds. The van der Waals surface area contributed by atoms with Crippen molar-refractivity contribution >= 4 is 278 Å². The average Bonchev–Trinajstić information content (AvgIpc) is 4.18. The molecular formula is C44H10Cl20MnN4+3. The zero-order valence-corrected chi connectivity index (χ0v) is 48.7. The van der Waals surface area contributed by atoms with Gasteiger partial charge in [0.15, 0.2) is 0 Å². The van der Waals surface area contributed by atoms with Crippen molar-refractivity contribution in [3.63, 3.8) is 0 Å². The van der Waals surface area contributed by atoms with Crippen molar-refractivity contribution in [3.8, 4) is 44.5 Å². The van der Waals surface area contributed by atoms with Crippen LogP contribution in [0.1, 0.15) is 22.8 Å². The van der Waals surface area contributed by atoms with Crippen molar-refractivity contribution in [1.29, 1.82) is 0 Å². The number of nitrogens with zero attached hydrogens (tertiary/aromatic N) is 2. The van der Waals surface area contributed by atoms with Crippen LogP contribution in [-0.2, 0) is 17.1 Å². The second kappa shape index (κ2) is 21.1. The smallest absolute Gasteiger partial charge is 0.354 e. The molecule has 5 heterocycles. The average molecular weight is 1360 g/mol. The number of benzene rings is 4. The maximum atomic E-state index is 7.04. The van der Waals surface area contributed by atoms with Crippen LogP contribution in [0.2, 0.25) is 100 Å². The van der Waals surface area contributed by atoms with Crippen LogP contribution in [-0.4, -0.2) is 19.9 Å². The van der Waals surface area contributed by atoms with E-state index in [2.05, 4.69) is 9.97 Å². The molecule has 2 aliphatic rings. The maximum Gasteiger partial charge on any atom is 3.00 e. The molecule has 0 saturated heterocycles. The fraction of sp³-hybridized carbons (Fsp3) is 0. The van der Waals surface area contributed by atoms with Crippen LogP contribution in [0.15, 0.2) is 24.3 Å². The number of nitrogens with one attached hydrogen (secondary N) is 2. The van der Waals surface area contributed by atoms with Crippen LogP contribution in [0.4, 0.5) is 0 Å². The maximum absolute atomic E-state index is 7.04. The number of hydrogen-bond donors (Lipinski definition) is 2. The summed E-state index contributed by atoms with van der Waals surface area (Å²) in [7, 11) is 0. The van der Waals surface area contributed by atoms with Crippen LogP contribution < -0.4 is 0 Å². The van der Waals surface area contributed by atoms with Crippen LogP contribution in [0, 0.1) is 0 Å². The molecule has 0 fully saturated rings. The Morgan fingerprint density at radius 1 is 0.217 bits per heavy atom. The van der Waals surface area contributed by atoms with Crippen LogP contribution in [0.25, 0.3) is 90.9 Å². The molecule has 9 rings (SSSR count). The molecular weight excluding hydrogens is 1350 g/mol. The predicted octanol–water partition coefficient (Wildman–Crippen LogP) is 24.4. The minimum atomic E-state index is -0.0913. The molecule has 4 nitrogen and oxygen atoms in total. The molecule has 0 radical (unpaired) electrons. The van der Waals surface area contributed by atoms with E-state index in [0.29, 0.717) is 22.1 Å². The Bertz CT molecular complexity index is 3120. The third-order valence-electron chi connectivity index (χ3n) is 10.6. The molecule has 8 bridgehead atoms. The Morgan fingerprint density at radius 3 is 0.522 bits per heavy atom. The number of aromatic amines is 2. The van der Waals surface area contributed by atoms with Gasteiger partial charge in [-0.3, -0.25) is 0 Å². The van der Waals surface area contributed by atoms with Gasteiger partial charge in [-0.05, 0) is 48.6 Å². The minimum absolute atomic E-state index is 0. The van der Waals surface area contributed by atoms with Crippen molar-refractivity contribution in [3.05, 3.63) is 147 Å². The van der Waals surface area contributed by atoms with Gasteiger partial charge in [0.25, 0.3) is 0 Å². The number of H-pyrrole nitrogens is 2. The molecule has 69 heavy (non-hydrogen) atoms. The Hall–Kier alpha value is -0.201. The number of fused-ring (bicyclic) bond motifs is 8. The third-order valence-corrected chi connectivity index (χ3v) is 19.7. The molecule has 0 saturated carbocycles. The van der Waals surface area contributed by atoms with Crippen molar-refractivity contribution in [1.82, 2.24) is 19.9 Å². The van der Waals surface area contributed by atoms with Crippen LogP contribution in [0.3, 0.4) is 0 Å². The van der Waals surface area contributed by atoms with Gasteiger partial charge in [0.1, 0.15) is 0 Å². The largest absolute Gasteiger partial charge is 3.00 e. The zero-order chi connectivity index (χ0) is 49.3. The van der Waals surface area contributed by atoms with Crippen molar-refractivity contribution in [2.24, 2.45) is 0 Å². The second-order valence-corrected chi connectivity index (χ2v) is 21.8. The first-order valence-electron chi connectivity index (χ1n) is 18.3. The normalized spacial score (nSPS) is 12.1. The SMILES string of the molecule is Clc1c(Cl)c(Cl)c(-c2c3nc(c(-c4c(Cl)c(Cl)c(Cl)c(Cl)c4Cl)c4ccc([nH]4)c(-c4c(Cl)c(Cl)c(Cl)c(Cl)c4Cl)c4nc(c(-c5c(Cl)c(Cl)c(Cl)c(Cl)c5Cl)c5ccc2[nH]5)C=C4)C=C3)c(Cl)c1Cl.[Mn+3]. The first-order valence-corrected chi connectivity index (χ1v) is 25.9. The topological polar surface area (TPSA) is 57.4 Å². The predicted molar refractivity (Wildman–Crippen MR) is 301 cm³/mol. The quantitative estimate of drug-likeness (QED) is 0.105. The summed E-state index contributed by atoms with van der Waals surface area (Å²) in [4.78, 5) is 17.2. The number of aromatic nitrogens is 4. The first-order chi connectivity index (χ1) is 32.1. The molecule has 7 aromatic rings. The van der Waals surface area contributed by atoms with E-state index in [4.69, 9.17) is 242 Å². The van der Waals surface area contributed by atoms with Crippen LogP contribution >= 0.6 is 232 Å². The monoisotopic (exact) mass is 1350 g/mol. The molecule has 350 valence electrons. The van der Waals surface area contributed by atoms with Gasteiger partial charge < -0.3 is 9.97 Å².